The Kier molecular flexibility index (Phi) is 6.99. The van der Waals surface area contributed by atoms with Crippen molar-refractivity contribution in [2.24, 2.45) is 5.92 Å². The van der Waals surface area contributed by atoms with E-state index < -0.39 is 0 Å². The van der Waals surface area contributed by atoms with Crippen molar-refractivity contribution in [3.63, 3.8) is 0 Å². The smallest absolute Gasteiger partial charge is 0.225 e. The van der Waals surface area contributed by atoms with E-state index in [1.54, 1.807) is 0 Å². The van der Waals surface area contributed by atoms with Crippen molar-refractivity contribution in [3.8, 4) is 17.0 Å². The van der Waals surface area contributed by atoms with Gasteiger partial charge in [0, 0.05) is 12.0 Å². The molecule has 1 amide bonds. The maximum atomic E-state index is 11.9. The number of hydrogen-bond donors (Lipinski definition) is 1. The molecule has 1 aromatic heterocycles. The molecule has 0 aliphatic carbocycles. The van der Waals surface area contributed by atoms with Crippen molar-refractivity contribution in [3.05, 3.63) is 42.0 Å². The van der Waals surface area contributed by atoms with E-state index in [1.165, 1.54) is 0 Å². The second-order valence-corrected chi connectivity index (χ2v) is 6.76. The van der Waals surface area contributed by atoms with Crippen LogP contribution in [-0.2, 0) is 4.79 Å². The first-order valence-electron chi connectivity index (χ1n) is 9.00. The third kappa shape index (κ3) is 5.89. The molecule has 0 unspecified atom stereocenters. The lowest BCUT2D eigenvalue weighted by Crippen LogP contribution is -2.12. The van der Waals surface area contributed by atoms with Gasteiger partial charge in [-0.3, -0.25) is 4.79 Å². The van der Waals surface area contributed by atoms with Gasteiger partial charge < -0.3 is 10.1 Å². The molecule has 0 spiro atoms. The summed E-state index contributed by atoms with van der Waals surface area (Å²) in [7, 11) is 0. The molecule has 4 heteroatoms. The van der Waals surface area contributed by atoms with E-state index in [1.807, 2.05) is 43.3 Å². The molecule has 134 valence electrons. The van der Waals surface area contributed by atoms with Gasteiger partial charge in [-0.25, -0.2) is 4.98 Å². The number of ether oxygens (including phenoxy) is 1. The summed E-state index contributed by atoms with van der Waals surface area (Å²) in [6, 6.07) is 11.8. The van der Waals surface area contributed by atoms with Crippen LogP contribution in [0.15, 0.2) is 36.4 Å². The molecule has 2 rings (SSSR count). The van der Waals surface area contributed by atoms with Gasteiger partial charge >= 0.3 is 0 Å². The van der Waals surface area contributed by atoms with Gasteiger partial charge in [0.2, 0.25) is 5.91 Å². The molecular weight excluding hydrogens is 312 g/mol. The van der Waals surface area contributed by atoms with Crippen molar-refractivity contribution >= 4 is 11.7 Å². The first-order chi connectivity index (χ1) is 12.0. The quantitative estimate of drug-likeness (QED) is 0.716. The van der Waals surface area contributed by atoms with Crippen LogP contribution in [0.25, 0.3) is 11.3 Å². The van der Waals surface area contributed by atoms with Crippen LogP contribution in [0.4, 0.5) is 5.82 Å². The van der Waals surface area contributed by atoms with E-state index in [2.05, 4.69) is 31.1 Å². The van der Waals surface area contributed by atoms with Gasteiger partial charge in [0.05, 0.1) is 12.3 Å². The molecule has 0 aliphatic rings. The highest BCUT2D eigenvalue weighted by Crippen LogP contribution is 2.30. The fraction of sp³-hybridized carbons (Fsp3) is 0.429. The number of rotatable bonds is 8. The maximum Gasteiger partial charge on any atom is 0.225 e. The van der Waals surface area contributed by atoms with Crippen molar-refractivity contribution in [1.29, 1.82) is 0 Å². The SMILES string of the molecule is CCCCC(=O)Nc1cccc(-c2ccc(C)cc2OCC(C)C)n1. The fourth-order valence-corrected chi connectivity index (χ4v) is 2.41. The Morgan fingerprint density at radius 1 is 1.24 bits per heavy atom. The van der Waals surface area contributed by atoms with Gasteiger partial charge in [-0.05, 0) is 49.1 Å². The summed E-state index contributed by atoms with van der Waals surface area (Å²) < 4.78 is 5.98. The zero-order valence-corrected chi connectivity index (χ0v) is 15.6. The lowest BCUT2D eigenvalue weighted by molar-refractivity contribution is -0.116. The molecule has 0 fully saturated rings. The van der Waals surface area contributed by atoms with Crippen molar-refractivity contribution in [1.82, 2.24) is 4.98 Å². The van der Waals surface area contributed by atoms with Crippen LogP contribution >= 0.6 is 0 Å². The largest absolute Gasteiger partial charge is 0.493 e. The molecule has 1 N–H and O–H groups in total. The Bertz CT molecular complexity index is 711. The van der Waals surface area contributed by atoms with Crippen molar-refractivity contribution in [2.75, 3.05) is 11.9 Å². The Hall–Kier alpha value is -2.36. The highest BCUT2D eigenvalue weighted by Gasteiger charge is 2.11. The van der Waals surface area contributed by atoms with E-state index in [0.717, 1.165) is 35.4 Å². The molecule has 0 aliphatic heterocycles. The number of pyridine rings is 1. The van der Waals surface area contributed by atoms with Crippen LogP contribution in [0, 0.1) is 12.8 Å². The number of hydrogen-bond acceptors (Lipinski definition) is 3. The average Bonchev–Trinajstić information content (AvgIpc) is 2.58. The molecule has 1 aromatic carbocycles. The first kappa shape index (κ1) is 19.0. The van der Waals surface area contributed by atoms with E-state index >= 15 is 0 Å². The van der Waals surface area contributed by atoms with Crippen LogP contribution < -0.4 is 10.1 Å². The summed E-state index contributed by atoms with van der Waals surface area (Å²) >= 11 is 0. The predicted octanol–water partition coefficient (Wildman–Crippen LogP) is 5.22. The van der Waals surface area contributed by atoms with E-state index in [9.17, 15) is 4.79 Å². The molecule has 0 bridgehead atoms. The minimum Gasteiger partial charge on any atom is -0.493 e. The summed E-state index contributed by atoms with van der Waals surface area (Å²) in [6.07, 6.45) is 2.41. The molecule has 0 atom stereocenters. The van der Waals surface area contributed by atoms with Crippen molar-refractivity contribution < 1.29 is 9.53 Å². The Labute approximate surface area is 150 Å². The number of nitrogens with one attached hydrogen (secondary N) is 1. The number of aromatic nitrogens is 1. The zero-order chi connectivity index (χ0) is 18.2. The molecule has 2 aromatic rings. The van der Waals surface area contributed by atoms with E-state index in [-0.39, 0.29) is 5.91 Å². The van der Waals surface area contributed by atoms with Crippen LogP contribution in [0.1, 0.15) is 45.6 Å². The predicted molar refractivity (Wildman–Crippen MR) is 103 cm³/mol. The number of benzene rings is 1. The minimum atomic E-state index is 0.00619. The van der Waals surface area contributed by atoms with Crippen molar-refractivity contribution in [2.45, 2.75) is 47.0 Å². The highest BCUT2D eigenvalue weighted by atomic mass is 16.5. The molecule has 25 heavy (non-hydrogen) atoms. The molecule has 0 radical (unpaired) electrons. The summed E-state index contributed by atoms with van der Waals surface area (Å²) in [5, 5.41) is 2.88. The molecule has 4 nitrogen and oxygen atoms in total. The number of carbonyl (C=O) groups excluding carboxylic acids is 1. The lowest BCUT2D eigenvalue weighted by atomic mass is 10.1. The second kappa shape index (κ2) is 9.21. The van der Waals surface area contributed by atoms with Crippen LogP contribution in [0.5, 0.6) is 5.75 Å². The summed E-state index contributed by atoms with van der Waals surface area (Å²) in [4.78, 5) is 16.5. The number of amides is 1. The molecule has 0 saturated heterocycles. The van der Waals surface area contributed by atoms with Gasteiger partial charge in [0.1, 0.15) is 11.6 Å². The van der Waals surface area contributed by atoms with E-state index in [0.29, 0.717) is 24.8 Å². The number of unbranched alkanes of at least 4 members (excludes halogenated alkanes) is 1. The molecular formula is C21H28N2O2. The second-order valence-electron chi connectivity index (χ2n) is 6.76. The number of carbonyl (C=O) groups is 1. The monoisotopic (exact) mass is 340 g/mol. The molecule has 1 heterocycles. The zero-order valence-electron chi connectivity index (χ0n) is 15.6. The van der Waals surface area contributed by atoms with Gasteiger partial charge in [-0.2, -0.15) is 0 Å². The minimum absolute atomic E-state index is 0.00619. The van der Waals surface area contributed by atoms with Gasteiger partial charge in [-0.1, -0.05) is 39.3 Å². The first-order valence-corrected chi connectivity index (χ1v) is 9.00. The van der Waals surface area contributed by atoms with Gasteiger partial charge in [0.25, 0.3) is 0 Å². The summed E-state index contributed by atoms with van der Waals surface area (Å²) in [6.45, 7) is 9.02. The average molecular weight is 340 g/mol. The number of aryl methyl sites for hydroxylation is 1. The Balaban J connectivity index is 2.23. The summed E-state index contributed by atoms with van der Waals surface area (Å²) in [5.74, 6) is 1.86. The maximum absolute atomic E-state index is 11.9. The third-order valence-electron chi connectivity index (χ3n) is 3.76. The van der Waals surface area contributed by atoms with E-state index in [4.69, 9.17) is 4.74 Å². The summed E-state index contributed by atoms with van der Waals surface area (Å²) in [5.41, 5.74) is 2.88. The van der Waals surface area contributed by atoms with Crippen LogP contribution in [0.2, 0.25) is 0 Å². The Morgan fingerprint density at radius 3 is 2.76 bits per heavy atom. The standard InChI is InChI=1S/C21H28N2O2/c1-5-6-10-21(24)23-20-9-7-8-18(22-20)17-12-11-16(4)13-19(17)25-14-15(2)3/h7-9,11-13,15H,5-6,10,14H2,1-4H3,(H,22,23,24). The van der Waals surface area contributed by atoms with Gasteiger partial charge in [0.15, 0.2) is 0 Å². The van der Waals surface area contributed by atoms with Gasteiger partial charge in [-0.15, -0.1) is 0 Å². The third-order valence-corrected chi connectivity index (χ3v) is 3.76. The normalized spacial score (nSPS) is 10.8. The highest BCUT2D eigenvalue weighted by molar-refractivity contribution is 5.90. The number of nitrogens with zero attached hydrogens (tertiary/aromatic N) is 1. The number of anilines is 1. The Morgan fingerprint density at radius 2 is 2.04 bits per heavy atom. The fourth-order valence-electron chi connectivity index (χ4n) is 2.41. The lowest BCUT2D eigenvalue weighted by Gasteiger charge is -2.14. The van der Waals surface area contributed by atoms with Crippen LogP contribution in [-0.4, -0.2) is 17.5 Å². The van der Waals surface area contributed by atoms with Crippen LogP contribution in [0.3, 0.4) is 0 Å². The molecule has 0 saturated carbocycles. The topological polar surface area (TPSA) is 51.2 Å².